The van der Waals surface area contributed by atoms with Crippen LogP contribution >= 0.6 is 19.4 Å². The second-order valence-electron chi connectivity index (χ2n) is 1.68. The normalized spacial score (nSPS) is 17.0. The van der Waals surface area contributed by atoms with Crippen LogP contribution in [0.2, 0.25) is 0 Å². The first-order chi connectivity index (χ1) is 5.12. The van der Waals surface area contributed by atoms with Gasteiger partial charge < -0.3 is 4.52 Å². The smallest absolute Gasteiger partial charge is 0.303 e. The van der Waals surface area contributed by atoms with E-state index in [1.54, 1.807) is 6.92 Å². The van der Waals surface area contributed by atoms with Gasteiger partial charge in [0.05, 0.1) is 6.61 Å². The molecule has 0 saturated carbocycles. The van der Waals surface area contributed by atoms with Crippen molar-refractivity contribution >= 4 is 19.4 Å². The number of hydrogen-bond donors (Lipinski definition) is 0. The van der Waals surface area contributed by atoms with Gasteiger partial charge in [0.1, 0.15) is 0 Å². The zero-order valence-corrected chi connectivity index (χ0v) is 8.33. The van der Waals surface area contributed by atoms with Gasteiger partial charge in [-0.2, -0.15) is 4.20 Å². The predicted molar refractivity (Wildman–Crippen MR) is 47.6 cm³/mol. The molecule has 0 spiro atoms. The standard InChI is InChI=1S/C6H12FO2PS/c1-3-9-10(7,8)5-6-11-4-2/h5-6H,3-4H2,1-2H3/b6-5+. The molecule has 0 N–H and O–H groups in total. The molecule has 66 valence electrons. The molecule has 0 bridgehead atoms. The molecular formula is C6H12FO2PS. The molecule has 0 aromatic carbocycles. The summed E-state index contributed by atoms with van der Waals surface area (Å²) in [6, 6.07) is 0. The quantitative estimate of drug-likeness (QED) is 0.633. The van der Waals surface area contributed by atoms with Gasteiger partial charge in [-0.3, -0.25) is 4.57 Å². The molecule has 1 atom stereocenters. The van der Waals surface area contributed by atoms with E-state index in [-0.39, 0.29) is 6.61 Å². The number of hydrogen-bond acceptors (Lipinski definition) is 3. The van der Waals surface area contributed by atoms with Gasteiger partial charge in [-0.1, -0.05) is 6.92 Å². The van der Waals surface area contributed by atoms with Gasteiger partial charge in [-0.25, -0.2) is 0 Å². The Bertz CT molecular complexity index is 172. The van der Waals surface area contributed by atoms with Crippen LogP contribution in [0.4, 0.5) is 4.20 Å². The summed E-state index contributed by atoms with van der Waals surface area (Å²) in [4.78, 5) is 0. The fourth-order valence-electron chi connectivity index (χ4n) is 0.431. The maximum absolute atomic E-state index is 12.6. The summed E-state index contributed by atoms with van der Waals surface area (Å²) in [6.45, 7) is 3.67. The van der Waals surface area contributed by atoms with E-state index < -0.39 is 7.68 Å². The van der Waals surface area contributed by atoms with Crippen molar-refractivity contribution in [3.05, 3.63) is 11.2 Å². The Kier molecular flexibility index (Phi) is 5.92. The molecule has 0 fully saturated rings. The van der Waals surface area contributed by atoms with Crippen molar-refractivity contribution in [1.29, 1.82) is 0 Å². The molecule has 0 aromatic rings. The third-order valence-corrected chi connectivity index (χ3v) is 2.79. The van der Waals surface area contributed by atoms with E-state index in [4.69, 9.17) is 0 Å². The van der Waals surface area contributed by atoms with Gasteiger partial charge in [0.15, 0.2) is 0 Å². The average molecular weight is 198 g/mol. The summed E-state index contributed by atoms with van der Waals surface area (Å²) in [5.74, 6) is 1.83. The molecule has 1 unspecified atom stereocenters. The van der Waals surface area contributed by atoms with Crippen molar-refractivity contribution < 1.29 is 13.3 Å². The number of halogens is 1. The lowest BCUT2D eigenvalue weighted by atomic mass is 10.9. The Hall–Kier alpha value is 0.210. The van der Waals surface area contributed by atoms with Gasteiger partial charge >= 0.3 is 7.68 Å². The summed E-state index contributed by atoms with van der Waals surface area (Å²) in [6.07, 6.45) is 0. The minimum absolute atomic E-state index is 0.134. The van der Waals surface area contributed by atoms with E-state index in [0.717, 1.165) is 11.6 Å². The van der Waals surface area contributed by atoms with Crippen LogP contribution in [0.15, 0.2) is 11.2 Å². The van der Waals surface area contributed by atoms with Crippen LogP contribution in [0.25, 0.3) is 0 Å². The molecule has 0 saturated heterocycles. The molecule has 2 nitrogen and oxygen atoms in total. The molecule has 0 aliphatic heterocycles. The number of thioether (sulfide) groups is 1. The lowest BCUT2D eigenvalue weighted by molar-refractivity contribution is 0.312. The Morgan fingerprint density at radius 1 is 1.64 bits per heavy atom. The second-order valence-corrected chi connectivity index (χ2v) is 4.46. The molecule has 11 heavy (non-hydrogen) atoms. The SMILES string of the molecule is CCOP(=O)(F)/C=C/SCC. The van der Waals surface area contributed by atoms with Crippen LogP contribution in [0.5, 0.6) is 0 Å². The van der Waals surface area contributed by atoms with E-state index in [2.05, 4.69) is 4.52 Å². The van der Waals surface area contributed by atoms with Crippen molar-refractivity contribution in [2.75, 3.05) is 12.4 Å². The van der Waals surface area contributed by atoms with E-state index >= 15 is 0 Å². The average Bonchev–Trinajstić information content (AvgIpc) is 1.87. The van der Waals surface area contributed by atoms with Crippen molar-refractivity contribution in [1.82, 2.24) is 0 Å². The van der Waals surface area contributed by atoms with Crippen LogP contribution in [-0.4, -0.2) is 12.4 Å². The fraction of sp³-hybridized carbons (Fsp3) is 0.667. The summed E-state index contributed by atoms with van der Waals surface area (Å²) in [5, 5.41) is 1.47. The van der Waals surface area contributed by atoms with Crippen LogP contribution in [-0.2, 0) is 9.09 Å². The minimum Gasteiger partial charge on any atom is -0.303 e. The lowest BCUT2D eigenvalue weighted by Crippen LogP contribution is -1.79. The zero-order chi connectivity index (χ0) is 8.74. The van der Waals surface area contributed by atoms with Gasteiger partial charge in [-0.15, -0.1) is 11.8 Å². The van der Waals surface area contributed by atoms with Crippen molar-refractivity contribution in [3.63, 3.8) is 0 Å². The summed E-state index contributed by atoms with van der Waals surface area (Å²) in [7, 11) is -3.92. The Morgan fingerprint density at radius 3 is 2.73 bits per heavy atom. The van der Waals surface area contributed by atoms with Crippen LogP contribution in [0.3, 0.4) is 0 Å². The van der Waals surface area contributed by atoms with Crippen LogP contribution in [0, 0.1) is 0 Å². The largest absolute Gasteiger partial charge is 0.391 e. The Balaban J connectivity index is 3.80. The second kappa shape index (κ2) is 5.81. The maximum atomic E-state index is 12.6. The lowest BCUT2D eigenvalue weighted by Gasteiger charge is -2.00. The predicted octanol–water partition coefficient (Wildman–Crippen LogP) is 3.41. The highest BCUT2D eigenvalue weighted by atomic mass is 32.2. The first kappa shape index (κ1) is 11.2. The van der Waals surface area contributed by atoms with Crippen LogP contribution in [0.1, 0.15) is 13.8 Å². The van der Waals surface area contributed by atoms with Crippen molar-refractivity contribution in [3.8, 4) is 0 Å². The molecule has 0 aromatic heterocycles. The molecule has 0 aliphatic rings. The monoisotopic (exact) mass is 198 g/mol. The van der Waals surface area contributed by atoms with Crippen molar-refractivity contribution in [2.24, 2.45) is 0 Å². The van der Waals surface area contributed by atoms with Gasteiger partial charge in [0.2, 0.25) is 0 Å². The topological polar surface area (TPSA) is 26.3 Å². The zero-order valence-electron chi connectivity index (χ0n) is 6.62. The third kappa shape index (κ3) is 6.60. The molecule has 0 heterocycles. The molecule has 0 rings (SSSR count). The molecule has 0 radical (unpaired) electrons. The summed E-state index contributed by atoms with van der Waals surface area (Å²) in [5.41, 5.74) is 0. The van der Waals surface area contributed by atoms with E-state index in [9.17, 15) is 8.76 Å². The molecular weight excluding hydrogens is 186 g/mol. The minimum atomic E-state index is -3.92. The van der Waals surface area contributed by atoms with Crippen LogP contribution < -0.4 is 0 Å². The fourth-order valence-corrected chi connectivity index (χ4v) is 1.99. The Morgan fingerprint density at radius 2 is 2.27 bits per heavy atom. The molecule has 0 amide bonds. The van der Waals surface area contributed by atoms with E-state index in [0.29, 0.717) is 0 Å². The van der Waals surface area contributed by atoms with Crippen molar-refractivity contribution in [2.45, 2.75) is 13.8 Å². The van der Waals surface area contributed by atoms with Gasteiger partial charge in [0.25, 0.3) is 0 Å². The Labute approximate surface area is 70.8 Å². The summed E-state index contributed by atoms with van der Waals surface area (Å²) >= 11 is 1.39. The third-order valence-electron chi connectivity index (χ3n) is 0.807. The highest BCUT2D eigenvalue weighted by Gasteiger charge is 2.15. The molecule has 0 aliphatic carbocycles. The van der Waals surface area contributed by atoms with E-state index in [1.165, 1.54) is 17.2 Å². The molecule has 5 heteroatoms. The highest BCUT2D eigenvalue weighted by Crippen LogP contribution is 2.50. The van der Waals surface area contributed by atoms with E-state index in [1.807, 2.05) is 6.92 Å². The van der Waals surface area contributed by atoms with Gasteiger partial charge in [-0.05, 0) is 18.1 Å². The first-order valence-electron chi connectivity index (χ1n) is 3.35. The maximum Gasteiger partial charge on any atom is 0.391 e. The number of rotatable bonds is 5. The van der Waals surface area contributed by atoms with Gasteiger partial charge in [0, 0.05) is 5.82 Å². The highest BCUT2D eigenvalue weighted by molar-refractivity contribution is 8.02. The first-order valence-corrected chi connectivity index (χ1v) is 5.99. The summed E-state index contributed by atoms with van der Waals surface area (Å²) < 4.78 is 27.7.